The van der Waals surface area contributed by atoms with Crippen LogP contribution in [0, 0.1) is 5.92 Å². The minimum Gasteiger partial charge on any atom is -0.507 e. The molecule has 0 radical (unpaired) electrons. The number of nitrogens with one attached hydrogen (secondary N) is 1. The lowest BCUT2D eigenvalue weighted by molar-refractivity contribution is -0.138. The summed E-state index contributed by atoms with van der Waals surface area (Å²) in [6, 6.07) is 3.68. The van der Waals surface area contributed by atoms with Gasteiger partial charge in [0.15, 0.2) is 0 Å². The van der Waals surface area contributed by atoms with Crippen molar-refractivity contribution in [3.8, 4) is 5.75 Å². The van der Waals surface area contributed by atoms with E-state index in [0.29, 0.717) is 11.3 Å². The summed E-state index contributed by atoms with van der Waals surface area (Å²) in [5.74, 6) is -0.528. The first-order chi connectivity index (χ1) is 11.8. The van der Waals surface area contributed by atoms with Crippen LogP contribution in [-0.4, -0.2) is 23.4 Å². The predicted molar refractivity (Wildman–Crippen MR) is 94.7 cm³/mol. The van der Waals surface area contributed by atoms with Crippen LogP contribution in [0.15, 0.2) is 29.3 Å². The quantitative estimate of drug-likeness (QED) is 0.730. The van der Waals surface area contributed by atoms with E-state index >= 15 is 0 Å². The summed E-state index contributed by atoms with van der Waals surface area (Å²) in [4.78, 5) is 4.74. The molecule has 138 valence electrons. The minimum absolute atomic E-state index is 0.170. The first kappa shape index (κ1) is 19.5. The van der Waals surface area contributed by atoms with Crippen molar-refractivity contribution in [1.29, 1.82) is 0 Å². The highest BCUT2D eigenvalue weighted by atomic mass is 19.4. The summed E-state index contributed by atoms with van der Waals surface area (Å²) in [6.07, 6.45) is 0.0860. The van der Waals surface area contributed by atoms with E-state index in [1.54, 1.807) is 13.0 Å². The fraction of sp³-hybridized carbons (Fsp3) is 0.526. The second kappa shape index (κ2) is 8.04. The van der Waals surface area contributed by atoms with Crippen LogP contribution in [0.3, 0.4) is 0 Å². The third kappa shape index (κ3) is 4.63. The van der Waals surface area contributed by atoms with Crippen LogP contribution in [0.1, 0.15) is 51.2 Å². The molecule has 1 fully saturated rings. The van der Waals surface area contributed by atoms with Crippen molar-refractivity contribution >= 4 is 11.4 Å². The van der Waals surface area contributed by atoms with E-state index in [9.17, 15) is 18.3 Å². The SMILES string of the molecule is C/C=C(\N=C(C(C)CC)C1CCCN1)c1ccc(O)c(C(F)(F)F)c1. The Labute approximate surface area is 146 Å². The number of aromatic hydroxyl groups is 1. The van der Waals surface area contributed by atoms with Crippen molar-refractivity contribution < 1.29 is 18.3 Å². The average Bonchev–Trinajstić information content (AvgIpc) is 3.09. The molecule has 0 amide bonds. The smallest absolute Gasteiger partial charge is 0.419 e. The molecule has 0 aliphatic carbocycles. The number of hydrogen-bond acceptors (Lipinski definition) is 3. The van der Waals surface area contributed by atoms with Gasteiger partial charge in [0.1, 0.15) is 5.75 Å². The van der Waals surface area contributed by atoms with Gasteiger partial charge in [-0.2, -0.15) is 13.2 Å². The Kier molecular flexibility index (Phi) is 6.27. The molecular weight excluding hydrogens is 329 g/mol. The third-order valence-electron chi connectivity index (χ3n) is 4.66. The Morgan fingerprint density at radius 1 is 1.44 bits per heavy atom. The van der Waals surface area contributed by atoms with Crippen molar-refractivity contribution in [2.24, 2.45) is 10.9 Å². The first-order valence-corrected chi connectivity index (χ1v) is 8.66. The number of aliphatic imine (C=N–C) groups is 1. The zero-order valence-corrected chi connectivity index (χ0v) is 14.8. The van der Waals surface area contributed by atoms with E-state index in [-0.39, 0.29) is 12.0 Å². The van der Waals surface area contributed by atoms with Crippen molar-refractivity contribution in [2.75, 3.05) is 6.54 Å². The van der Waals surface area contributed by atoms with E-state index in [1.807, 2.05) is 0 Å². The van der Waals surface area contributed by atoms with E-state index < -0.39 is 17.5 Å². The standard InChI is InChI=1S/C19H25F3N2O/c1-4-12(3)18(16-7-6-10-23-16)24-15(5-2)13-8-9-17(25)14(11-13)19(20,21)22/h5,8-9,11-12,16,23,25H,4,6-7,10H2,1-3H3/b15-5-,24-18?. The van der Waals surface area contributed by atoms with Crippen molar-refractivity contribution in [3.05, 3.63) is 35.4 Å². The highest BCUT2D eigenvalue weighted by Gasteiger charge is 2.34. The van der Waals surface area contributed by atoms with Gasteiger partial charge in [-0.15, -0.1) is 0 Å². The number of rotatable bonds is 5. The summed E-state index contributed by atoms with van der Waals surface area (Å²) >= 11 is 0. The molecule has 0 saturated carbocycles. The Hall–Kier alpha value is -1.82. The Bertz CT molecular complexity index is 659. The minimum atomic E-state index is -4.60. The largest absolute Gasteiger partial charge is 0.507 e. The third-order valence-corrected chi connectivity index (χ3v) is 4.66. The summed E-state index contributed by atoms with van der Waals surface area (Å²) in [6.45, 7) is 6.86. The van der Waals surface area contributed by atoms with Crippen LogP contribution >= 0.6 is 0 Å². The summed E-state index contributed by atoms with van der Waals surface area (Å²) in [7, 11) is 0. The van der Waals surface area contributed by atoms with Gasteiger partial charge in [0.25, 0.3) is 0 Å². The molecule has 1 aliphatic heterocycles. The lowest BCUT2D eigenvalue weighted by Crippen LogP contribution is -2.34. The molecule has 1 aromatic carbocycles. The van der Waals surface area contributed by atoms with Crippen LogP contribution in [-0.2, 0) is 6.18 Å². The molecule has 0 spiro atoms. The zero-order chi connectivity index (χ0) is 18.6. The second-order valence-corrected chi connectivity index (χ2v) is 6.40. The number of alkyl halides is 3. The lowest BCUT2D eigenvalue weighted by atomic mass is 9.95. The first-order valence-electron chi connectivity index (χ1n) is 8.66. The molecule has 2 unspecified atom stereocenters. The number of hydrogen-bond donors (Lipinski definition) is 2. The zero-order valence-electron chi connectivity index (χ0n) is 14.8. The van der Waals surface area contributed by atoms with Crippen molar-refractivity contribution in [2.45, 2.75) is 52.3 Å². The van der Waals surface area contributed by atoms with Gasteiger partial charge in [0.2, 0.25) is 0 Å². The molecule has 3 nitrogen and oxygen atoms in total. The molecule has 1 aliphatic rings. The maximum Gasteiger partial charge on any atom is 0.419 e. The summed E-state index contributed by atoms with van der Waals surface area (Å²) < 4.78 is 39.2. The fourth-order valence-corrected chi connectivity index (χ4v) is 3.03. The molecule has 2 atom stereocenters. The van der Waals surface area contributed by atoms with E-state index in [1.165, 1.54) is 6.07 Å². The fourth-order valence-electron chi connectivity index (χ4n) is 3.03. The molecule has 25 heavy (non-hydrogen) atoms. The van der Waals surface area contributed by atoms with Crippen LogP contribution in [0.25, 0.3) is 5.70 Å². The summed E-state index contributed by atoms with van der Waals surface area (Å²) in [5, 5.41) is 12.9. The molecule has 1 aromatic rings. The lowest BCUT2D eigenvalue weighted by Gasteiger charge is -2.21. The number of nitrogens with zero attached hydrogens (tertiary/aromatic N) is 1. The number of benzene rings is 1. The van der Waals surface area contributed by atoms with Gasteiger partial charge in [0, 0.05) is 17.3 Å². The van der Waals surface area contributed by atoms with Gasteiger partial charge >= 0.3 is 6.18 Å². The van der Waals surface area contributed by atoms with E-state index in [0.717, 1.165) is 43.7 Å². The summed E-state index contributed by atoms with van der Waals surface area (Å²) in [5.41, 5.74) is 0.791. The highest BCUT2D eigenvalue weighted by molar-refractivity contribution is 5.95. The molecule has 0 aromatic heterocycles. The molecule has 2 N–H and O–H groups in total. The Morgan fingerprint density at radius 3 is 2.68 bits per heavy atom. The second-order valence-electron chi connectivity index (χ2n) is 6.40. The van der Waals surface area contributed by atoms with Gasteiger partial charge in [-0.1, -0.05) is 19.9 Å². The van der Waals surface area contributed by atoms with Gasteiger partial charge in [-0.05, 0) is 56.8 Å². The van der Waals surface area contributed by atoms with Gasteiger partial charge in [-0.3, -0.25) is 4.99 Å². The topological polar surface area (TPSA) is 44.6 Å². The number of halogens is 3. The normalized spacial score (nSPS) is 20.8. The van der Waals surface area contributed by atoms with E-state index in [4.69, 9.17) is 4.99 Å². The number of allylic oxidation sites excluding steroid dienone is 1. The van der Waals surface area contributed by atoms with Gasteiger partial charge < -0.3 is 10.4 Å². The number of phenols is 1. The number of phenolic OH excluding ortho intramolecular Hbond substituents is 1. The Morgan fingerprint density at radius 2 is 2.16 bits per heavy atom. The van der Waals surface area contributed by atoms with Crippen molar-refractivity contribution in [3.63, 3.8) is 0 Å². The Balaban J connectivity index is 2.44. The van der Waals surface area contributed by atoms with Crippen LogP contribution in [0.2, 0.25) is 0 Å². The molecule has 0 bridgehead atoms. The molecule has 2 rings (SSSR count). The van der Waals surface area contributed by atoms with Crippen molar-refractivity contribution in [1.82, 2.24) is 5.32 Å². The van der Waals surface area contributed by atoms with E-state index in [2.05, 4.69) is 19.2 Å². The molecule has 1 heterocycles. The van der Waals surface area contributed by atoms with Gasteiger partial charge in [-0.25, -0.2) is 0 Å². The predicted octanol–water partition coefficient (Wildman–Crippen LogP) is 5.01. The molecule has 1 saturated heterocycles. The van der Waals surface area contributed by atoms with Gasteiger partial charge in [0.05, 0.1) is 11.3 Å². The maximum atomic E-state index is 13.1. The van der Waals surface area contributed by atoms with Crippen LogP contribution in [0.5, 0.6) is 5.75 Å². The maximum absolute atomic E-state index is 13.1. The van der Waals surface area contributed by atoms with Crippen LogP contribution < -0.4 is 5.32 Å². The molecular formula is C19H25F3N2O. The average molecular weight is 354 g/mol. The monoisotopic (exact) mass is 354 g/mol. The molecule has 6 heteroatoms. The van der Waals surface area contributed by atoms with Crippen LogP contribution in [0.4, 0.5) is 13.2 Å². The highest BCUT2D eigenvalue weighted by Crippen LogP contribution is 2.37.